The summed E-state index contributed by atoms with van der Waals surface area (Å²) in [7, 11) is 3.42. The number of anilines is 2. The first kappa shape index (κ1) is 18.9. The minimum absolute atomic E-state index is 0.0267. The van der Waals surface area contributed by atoms with Crippen LogP contribution in [0.1, 0.15) is 27.0 Å². The standard InChI is InChI=1S/C24H21N5O2/c1-14-22-15(6-7-26-14)9-21(17-8-19(31-3)12-25-11-17)28-23(22)27-18-5-4-16-13-29(2)24(30)20(16)10-18/h4-12,26H,1,13H2,2-3H3,(H,27,28). The summed E-state index contributed by atoms with van der Waals surface area (Å²) in [5, 5.41) is 6.55. The Balaban J connectivity index is 1.60. The van der Waals surface area contributed by atoms with Crippen LogP contribution in [0.25, 0.3) is 23.0 Å². The molecule has 2 aromatic heterocycles. The van der Waals surface area contributed by atoms with Crippen molar-refractivity contribution in [3.63, 3.8) is 0 Å². The summed E-state index contributed by atoms with van der Waals surface area (Å²) < 4.78 is 5.31. The molecule has 2 aliphatic rings. The molecule has 1 aromatic carbocycles. The van der Waals surface area contributed by atoms with Gasteiger partial charge in [-0.15, -0.1) is 0 Å². The van der Waals surface area contributed by atoms with E-state index in [1.807, 2.05) is 42.6 Å². The number of nitrogens with zero attached hydrogens (tertiary/aromatic N) is 3. The van der Waals surface area contributed by atoms with Crippen LogP contribution in [-0.4, -0.2) is 34.9 Å². The molecule has 1 amide bonds. The van der Waals surface area contributed by atoms with E-state index >= 15 is 0 Å². The van der Waals surface area contributed by atoms with E-state index in [0.717, 1.165) is 39.3 Å². The van der Waals surface area contributed by atoms with E-state index in [2.05, 4.69) is 22.2 Å². The smallest absolute Gasteiger partial charge is 0.254 e. The Morgan fingerprint density at radius 2 is 2.10 bits per heavy atom. The van der Waals surface area contributed by atoms with Gasteiger partial charge in [-0.2, -0.15) is 0 Å². The van der Waals surface area contributed by atoms with Gasteiger partial charge in [-0.1, -0.05) is 12.6 Å². The topological polar surface area (TPSA) is 79.4 Å². The summed E-state index contributed by atoms with van der Waals surface area (Å²) in [5.41, 5.74) is 6.74. The predicted molar refractivity (Wildman–Crippen MR) is 121 cm³/mol. The number of nitrogens with one attached hydrogen (secondary N) is 2. The van der Waals surface area contributed by atoms with Crippen molar-refractivity contribution in [3.8, 4) is 17.0 Å². The van der Waals surface area contributed by atoms with Crippen LogP contribution in [0.15, 0.2) is 55.5 Å². The van der Waals surface area contributed by atoms with Gasteiger partial charge >= 0.3 is 0 Å². The van der Waals surface area contributed by atoms with Crippen LogP contribution in [0.3, 0.4) is 0 Å². The third-order valence-electron chi connectivity index (χ3n) is 5.47. The molecule has 3 aromatic rings. The molecule has 0 saturated carbocycles. The van der Waals surface area contributed by atoms with Crippen molar-refractivity contribution in [1.29, 1.82) is 0 Å². The lowest BCUT2D eigenvalue weighted by atomic mass is 10.0. The van der Waals surface area contributed by atoms with Gasteiger partial charge in [-0.3, -0.25) is 9.78 Å². The maximum absolute atomic E-state index is 12.4. The first-order valence-electron chi connectivity index (χ1n) is 9.86. The summed E-state index contributed by atoms with van der Waals surface area (Å²) in [6.07, 6.45) is 7.25. The number of carbonyl (C=O) groups is 1. The number of ether oxygens (including phenoxy) is 1. The zero-order chi connectivity index (χ0) is 21.5. The first-order valence-corrected chi connectivity index (χ1v) is 9.86. The quantitative estimate of drug-likeness (QED) is 0.675. The van der Waals surface area contributed by atoms with Crippen LogP contribution < -0.4 is 15.4 Å². The van der Waals surface area contributed by atoms with Crippen LogP contribution in [-0.2, 0) is 6.54 Å². The van der Waals surface area contributed by atoms with Crippen molar-refractivity contribution in [1.82, 2.24) is 20.2 Å². The van der Waals surface area contributed by atoms with Gasteiger partial charge in [0.1, 0.15) is 11.6 Å². The maximum Gasteiger partial charge on any atom is 0.254 e. The molecule has 0 saturated heterocycles. The van der Waals surface area contributed by atoms with Gasteiger partial charge in [-0.25, -0.2) is 4.98 Å². The SMILES string of the molecule is C=C1NC=Cc2cc(-c3cncc(OC)c3)nc(Nc3ccc4c(c3)C(=O)N(C)C4)c21. The Hall–Kier alpha value is -4.13. The Kier molecular flexibility index (Phi) is 4.43. The summed E-state index contributed by atoms with van der Waals surface area (Å²) in [6, 6.07) is 9.72. The normalized spacial score (nSPS) is 14.2. The highest BCUT2D eigenvalue weighted by Crippen LogP contribution is 2.35. The third kappa shape index (κ3) is 3.30. The van der Waals surface area contributed by atoms with E-state index in [9.17, 15) is 4.79 Å². The van der Waals surface area contributed by atoms with E-state index in [1.54, 1.807) is 31.5 Å². The molecule has 0 spiro atoms. The fourth-order valence-corrected chi connectivity index (χ4v) is 3.89. The Morgan fingerprint density at radius 3 is 2.94 bits per heavy atom. The number of hydrogen-bond donors (Lipinski definition) is 2. The highest BCUT2D eigenvalue weighted by molar-refractivity contribution is 5.99. The Labute approximate surface area is 180 Å². The lowest BCUT2D eigenvalue weighted by molar-refractivity contribution is 0.0816. The van der Waals surface area contributed by atoms with Gasteiger partial charge < -0.3 is 20.3 Å². The number of rotatable bonds is 4. The average Bonchev–Trinajstić information content (AvgIpc) is 3.07. The van der Waals surface area contributed by atoms with E-state index in [1.165, 1.54) is 0 Å². The van der Waals surface area contributed by atoms with Crippen molar-refractivity contribution in [2.75, 3.05) is 19.5 Å². The number of carbonyl (C=O) groups excluding carboxylic acids is 1. The molecular formula is C24H21N5O2. The monoisotopic (exact) mass is 411 g/mol. The van der Waals surface area contributed by atoms with E-state index < -0.39 is 0 Å². The molecule has 0 atom stereocenters. The molecule has 5 rings (SSSR count). The highest BCUT2D eigenvalue weighted by Gasteiger charge is 2.25. The summed E-state index contributed by atoms with van der Waals surface area (Å²) in [4.78, 5) is 23.2. The molecule has 31 heavy (non-hydrogen) atoms. The van der Waals surface area contributed by atoms with Gasteiger partial charge in [0.15, 0.2) is 0 Å². The molecule has 2 N–H and O–H groups in total. The third-order valence-corrected chi connectivity index (χ3v) is 5.47. The van der Waals surface area contributed by atoms with Crippen LogP contribution >= 0.6 is 0 Å². The molecule has 7 nitrogen and oxygen atoms in total. The molecule has 154 valence electrons. The molecular weight excluding hydrogens is 390 g/mol. The minimum Gasteiger partial charge on any atom is -0.495 e. The zero-order valence-corrected chi connectivity index (χ0v) is 17.3. The summed E-state index contributed by atoms with van der Waals surface area (Å²) in [5.74, 6) is 1.34. The number of benzene rings is 1. The molecule has 4 heterocycles. The Morgan fingerprint density at radius 1 is 1.23 bits per heavy atom. The molecule has 7 heteroatoms. The number of pyridine rings is 2. The molecule has 2 aliphatic heterocycles. The van der Waals surface area contributed by atoms with Gasteiger partial charge in [0, 0.05) is 54.1 Å². The van der Waals surface area contributed by atoms with E-state index in [4.69, 9.17) is 9.72 Å². The number of hydrogen-bond acceptors (Lipinski definition) is 6. The lowest BCUT2D eigenvalue weighted by Crippen LogP contribution is -2.17. The maximum atomic E-state index is 12.4. The van der Waals surface area contributed by atoms with Crippen molar-refractivity contribution in [3.05, 3.63) is 77.8 Å². The van der Waals surface area contributed by atoms with Gasteiger partial charge in [0.2, 0.25) is 0 Å². The highest BCUT2D eigenvalue weighted by atomic mass is 16.5. The predicted octanol–water partition coefficient (Wildman–Crippen LogP) is 4.03. The second-order valence-electron chi connectivity index (χ2n) is 7.55. The fraction of sp³-hybridized carbons (Fsp3) is 0.125. The lowest BCUT2D eigenvalue weighted by Gasteiger charge is -2.20. The van der Waals surface area contributed by atoms with Crippen LogP contribution in [0.4, 0.5) is 11.5 Å². The number of aromatic nitrogens is 2. The fourth-order valence-electron chi connectivity index (χ4n) is 3.89. The molecule has 0 fully saturated rings. The summed E-state index contributed by atoms with van der Waals surface area (Å²) >= 11 is 0. The zero-order valence-electron chi connectivity index (χ0n) is 17.3. The largest absolute Gasteiger partial charge is 0.495 e. The minimum atomic E-state index is 0.0267. The van der Waals surface area contributed by atoms with Gasteiger partial charge in [0.05, 0.1) is 19.0 Å². The number of methoxy groups -OCH3 is 1. The van der Waals surface area contributed by atoms with Crippen LogP contribution in [0.2, 0.25) is 0 Å². The van der Waals surface area contributed by atoms with Crippen molar-refractivity contribution in [2.45, 2.75) is 6.54 Å². The van der Waals surface area contributed by atoms with Gasteiger partial charge in [-0.05, 0) is 41.5 Å². The van der Waals surface area contributed by atoms with E-state index in [0.29, 0.717) is 23.7 Å². The van der Waals surface area contributed by atoms with Crippen LogP contribution in [0, 0.1) is 0 Å². The molecule has 0 unspecified atom stereocenters. The van der Waals surface area contributed by atoms with Crippen molar-refractivity contribution < 1.29 is 9.53 Å². The average molecular weight is 411 g/mol. The van der Waals surface area contributed by atoms with E-state index in [-0.39, 0.29) is 5.91 Å². The van der Waals surface area contributed by atoms with Crippen LogP contribution in [0.5, 0.6) is 5.75 Å². The van der Waals surface area contributed by atoms with Crippen molar-refractivity contribution >= 4 is 29.2 Å². The molecule has 0 aliphatic carbocycles. The number of fused-ring (bicyclic) bond motifs is 2. The Bertz CT molecular complexity index is 1260. The second kappa shape index (κ2) is 7.28. The second-order valence-corrected chi connectivity index (χ2v) is 7.55. The van der Waals surface area contributed by atoms with Crippen molar-refractivity contribution in [2.24, 2.45) is 0 Å². The molecule has 0 bridgehead atoms. The van der Waals surface area contributed by atoms with Gasteiger partial charge in [0.25, 0.3) is 5.91 Å². The first-order chi connectivity index (χ1) is 15.0. The summed E-state index contributed by atoms with van der Waals surface area (Å²) in [6.45, 7) is 4.76. The molecule has 0 radical (unpaired) electrons. The number of amides is 1.